The molecule has 0 saturated carbocycles. The molecule has 4 aliphatic rings. The van der Waals surface area contributed by atoms with E-state index in [1.54, 1.807) is 0 Å². The van der Waals surface area contributed by atoms with E-state index in [-0.39, 0.29) is 21.7 Å². The Bertz CT molecular complexity index is 3040. The second-order valence-electron chi connectivity index (χ2n) is 21.3. The van der Waals surface area contributed by atoms with Crippen molar-refractivity contribution in [3.8, 4) is 33.4 Å². The van der Waals surface area contributed by atoms with Crippen molar-refractivity contribution in [3.63, 3.8) is 0 Å². The third kappa shape index (κ3) is 5.49. The summed E-state index contributed by atoms with van der Waals surface area (Å²) in [6, 6.07) is 46.9. The number of aryl methyl sites for hydroxylation is 3. The highest BCUT2D eigenvalue weighted by Crippen LogP contribution is 2.57. The Kier molecular flexibility index (Phi) is 8.27. The third-order valence-corrected chi connectivity index (χ3v) is 15.6. The lowest BCUT2D eigenvalue weighted by Gasteiger charge is -2.46. The van der Waals surface area contributed by atoms with Crippen LogP contribution in [-0.2, 0) is 21.7 Å². The van der Waals surface area contributed by atoms with Crippen LogP contribution in [0.4, 0.5) is 28.4 Å². The summed E-state index contributed by atoms with van der Waals surface area (Å²) in [5, 5.41) is 4.24. The van der Waals surface area contributed by atoms with Gasteiger partial charge in [-0.3, -0.25) is 0 Å². The minimum absolute atomic E-state index is 0.0944. The van der Waals surface area contributed by atoms with Gasteiger partial charge in [0.25, 0.3) is 0 Å². The average Bonchev–Trinajstić information content (AvgIpc) is 3.47. The van der Waals surface area contributed by atoms with Gasteiger partial charge in [-0.05, 0) is 153 Å². The average molecular weight is 806 g/mol. The number of anilines is 5. The highest BCUT2D eigenvalue weighted by molar-refractivity contribution is 6.73. The van der Waals surface area contributed by atoms with Gasteiger partial charge in [0.05, 0.1) is 11.4 Å². The minimum Gasteiger partial charge on any atom is -0.355 e. The van der Waals surface area contributed by atoms with Crippen LogP contribution in [-0.4, -0.2) is 7.28 Å². The molecule has 0 spiro atoms. The molecule has 0 unspecified atom stereocenters. The first-order chi connectivity index (χ1) is 29.5. The van der Waals surface area contributed by atoms with Crippen LogP contribution in [0.25, 0.3) is 33.4 Å². The number of para-hydroxylation sites is 2. The molecule has 1 N–H and O–H groups in total. The summed E-state index contributed by atoms with van der Waals surface area (Å²) in [5.74, 6) is 0. The van der Waals surface area contributed by atoms with Gasteiger partial charge in [-0.2, -0.15) is 0 Å². The Balaban J connectivity index is 1.22. The quantitative estimate of drug-likeness (QED) is 0.178. The molecular formula is C59H58BN2. The molecule has 2 aliphatic carbocycles. The summed E-state index contributed by atoms with van der Waals surface area (Å²) in [7, 11) is 2.49. The van der Waals surface area contributed by atoms with Crippen LogP contribution in [0.3, 0.4) is 0 Å². The molecule has 2 heterocycles. The molecule has 0 saturated heterocycles. The summed E-state index contributed by atoms with van der Waals surface area (Å²) >= 11 is 0. The number of fused-ring (bicyclic) bond motifs is 8. The molecular weight excluding hydrogens is 747 g/mol. The number of hydrogen-bond acceptors (Lipinski definition) is 2. The first-order valence-electron chi connectivity index (χ1n) is 22.8. The van der Waals surface area contributed by atoms with Crippen molar-refractivity contribution in [2.45, 2.75) is 111 Å². The molecule has 11 rings (SSSR count). The lowest BCUT2D eigenvalue weighted by atomic mass is 9.55. The molecule has 1 radical (unpaired) electrons. The van der Waals surface area contributed by atoms with Crippen LogP contribution in [0.2, 0.25) is 0 Å². The van der Waals surface area contributed by atoms with Gasteiger partial charge in [0, 0.05) is 33.5 Å². The van der Waals surface area contributed by atoms with Crippen LogP contribution in [0.5, 0.6) is 0 Å². The highest BCUT2D eigenvalue weighted by Gasteiger charge is 2.43. The first-order valence-corrected chi connectivity index (χ1v) is 22.8. The summed E-state index contributed by atoms with van der Waals surface area (Å²) in [6.45, 7) is 26.1. The Labute approximate surface area is 370 Å². The van der Waals surface area contributed by atoms with Crippen LogP contribution >= 0.6 is 0 Å². The van der Waals surface area contributed by atoms with E-state index in [1.807, 2.05) is 0 Å². The normalized spacial score (nSPS) is 17.4. The Hall–Kier alpha value is -5.80. The second-order valence-corrected chi connectivity index (χ2v) is 21.3. The monoisotopic (exact) mass is 805 g/mol. The van der Waals surface area contributed by atoms with Crippen molar-refractivity contribution < 1.29 is 0 Å². The van der Waals surface area contributed by atoms with E-state index in [0.29, 0.717) is 0 Å². The lowest BCUT2D eigenvalue weighted by Crippen LogP contribution is -2.45. The van der Waals surface area contributed by atoms with Gasteiger partial charge in [0.15, 0.2) is 7.28 Å². The Morgan fingerprint density at radius 2 is 1.18 bits per heavy atom. The molecule has 2 aliphatic heterocycles. The van der Waals surface area contributed by atoms with Gasteiger partial charge >= 0.3 is 0 Å². The maximum Gasteiger partial charge on any atom is 0.197 e. The Morgan fingerprint density at radius 3 is 1.94 bits per heavy atom. The predicted molar refractivity (Wildman–Crippen MR) is 266 cm³/mol. The van der Waals surface area contributed by atoms with E-state index >= 15 is 0 Å². The van der Waals surface area contributed by atoms with E-state index in [9.17, 15) is 0 Å². The number of nitrogens with one attached hydrogen (secondary N) is 1. The predicted octanol–water partition coefficient (Wildman–Crippen LogP) is 14.4. The van der Waals surface area contributed by atoms with E-state index in [2.05, 4.69) is 215 Å². The van der Waals surface area contributed by atoms with Gasteiger partial charge in [-0.15, -0.1) is 0 Å². The van der Waals surface area contributed by atoms with Gasteiger partial charge in [0.1, 0.15) is 0 Å². The van der Waals surface area contributed by atoms with Crippen molar-refractivity contribution in [3.05, 3.63) is 171 Å². The molecule has 0 fully saturated rings. The smallest absolute Gasteiger partial charge is 0.197 e. The van der Waals surface area contributed by atoms with Crippen LogP contribution < -0.4 is 21.1 Å². The number of rotatable bonds is 4. The maximum atomic E-state index is 4.24. The fraction of sp³-hybridized carbons (Fsp3) is 0.288. The topological polar surface area (TPSA) is 15.3 Å². The van der Waals surface area contributed by atoms with Gasteiger partial charge < -0.3 is 10.2 Å². The molecule has 0 aromatic heterocycles. The molecule has 307 valence electrons. The zero-order chi connectivity index (χ0) is 43.2. The maximum absolute atomic E-state index is 4.24. The standard InChI is InChI=1S/C59H58BN2/c1-34-29-35(2)51(36(3)30-34)37-31-42(53-50(32-37)62-49-22-15-14-19-45(49)58(8,9)46-20-16-21-48(60-53)55(46)62)41-25-24-40-39-17-12-13-18-43(39)59(10,11)52(40)54(41)61-38-23-26-44-47(33-38)57(6,7)28-27-56(44,4)5/h12-26,29-33,61H,27-28H2,1-11H3. The van der Waals surface area contributed by atoms with Gasteiger partial charge in [-0.25, -0.2) is 0 Å². The summed E-state index contributed by atoms with van der Waals surface area (Å²) in [6.07, 6.45) is 2.38. The summed E-state index contributed by atoms with van der Waals surface area (Å²) in [5.41, 5.74) is 28.5. The fourth-order valence-corrected chi connectivity index (χ4v) is 12.3. The van der Waals surface area contributed by atoms with E-state index in [4.69, 9.17) is 0 Å². The summed E-state index contributed by atoms with van der Waals surface area (Å²) < 4.78 is 0. The van der Waals surface area contributed by atoms with Crippen LogP contribution in [0, 0.1) is 20.8 Å². The molecule has 7 aromatic rings. The number of hydrogen-bond donors (Lipinski definition) is 1. The van der Waals surface area contributed by atoms with Gasteiger partial charge in [0.2, 0.25) is 0 Å². The Morgan fingerprint density at radius 1 is 0.516 bits per heavy atom. The molecule has 7 aromatic carbocycles. The third-order valence-electron chi connectivity index (χ3n) is 15.6. The first kappa shape index (κ1) is 39.1. The van der Waals surface area contributed by atoms with Crippen molar-refractivity contribution in [2.24, 2.45) is 0 Å². The van der Waals surface area contributed by atoms with E-state index < -0.39 is 0 Å². The molecule has 2 nitrogen and oxygen atoms in total. The fourth-order valence-electron chi connectivity index (χ4n) is 12.3. The molecule has 0 amide bonds. The molecule has 3 heteroatoms. The van der Waals surface area contributed by atoms with Crippen LogP contribution in [0.1, 0.15) is 118 Å². The van der Waals surface area contributed by atoms with Crippen molar-refractivity contribution in [1.29, 1.82) is 0 Å². The number of nitrogens with zero attached hydrogens (tertiary/aromatic N) is 1. The van der Waals surface area contributed by atoms with Crippen molar-refractivity contribution >= 4 is 46.6 Å². The van der Waals surface area contributed by atoms with E-state index in [0.717, 1.165) is 5.69 Å². The van der Waals surface area contributed by atoms with Crippen LogP contribution in [0.15, 0.2) is 121 Å². The number of benzene rings is 7. The van der Waals surface area contributed by atoms with E-state index in [1.165, 1.54) is 130 Å². The summed E-state index contributed by atoms with van der Waals surface area (Å²) in [4.78, 5) is 2.60. The zero-order valence-corrected chi connectivity index (χ0v) is 38.5. The molecule has 0 bridgehead atoms. The second kappa shape index (κ2) is 13.1. The SMILES string of the molecule is Cc1cc(C)c(-c2cc(-c3ccc4c(c3Nc3ccc5c(c3)C(C)(C)CCC5(C)C)C(C)(C)c3ccccc3-4)c3c(c2)N2c4ccccc4C(C)(C)c4cccc(c42)[B]3)c(C)c1. The molecule has 0 atom stereocenters. The molecule has 62 heavy (non-hydrogen) atoms. The van der Waals surface area contributed by atoms with Crippen molar-refractivity contribution in [2.75, 3.05) is 10.2 Å². The largest absolute Gasteiger partial charge is 0.355 e. The van der Waals surface area contributed by atoms with Crippen molar-refractivity contribution in [1.82, 2.24) is 0 Å². The lowest BCUT2D eigenvalue weighted by molar-refractivity contribution is 0.332. The zero-order valence-electron chi connectivity index (χ0n) is 38.5. The highest BCUT2D eigenvalue weighted by atomic mass is 15.2. The van der Waals surface area contributed by atoms with Gasteiger partial charge in [-0.1, -0.05) is 157 Å². The minimum atomic E-state index is -0.232.